The van der Waals surface area contributed by atoms with Gasteiger partial charge in [0.25, 0.3) is 0 Å². The number of hydrogen-bond donors (Lipinski definition) is 1. The predicted octanol–water partition coefficient (Wildman–Crippen LogP) is 24.9. The Hall–Kier alpha value is -4.11. The van der Waals surface area contributed by atoms with Crippen LogP contribution in [0.5, 0.6) is 0 Å². The van der Waals surface area contributed by atoms with Gasteiger partial charge in [-0.1, -0.05) is 327 Å². The Balaban J connectivity index is 4.04. The molecule has 9 nitrogen and oxygen atoms in total. The molecule has 0 aliphatic rings. The molecule has 0 aromatic heterocycles. The highest BCUT2D eigenvalue weighted by molar-refractivity contribution is 7.47. The van der Waals surface area contributed by atoms with Gasteiger partial charge in [0.05, 0.1) is 27.7 Å². The first kappa shape index (κ1) is 87.9. The highest BCUT2D eigenvalue weighted by atomic mass is 31.2. The first-order chi connectivity index (χ1) is 45.0. The van der Waals surface area contributed by atoms with E-state index in [0.717, 1.165) is 122 Å². The fourth-order valence-corrected chi connectivity index (χ4v) is 10.9. The largest absolute Gasteiger partial charge is 0.472 e. The number of esters is 2. The molecule has 2 atom stereocenters. The van der Waals surface area contributed by atoms with Crippen LogP contribution >= 0.6 is 7.82 Å². The van der Waals surface area contributed by atoms with Crippen molar-refractivity contribution < 1.29 is 42.1 Å². The fraction of sp³-hybridized carbons (Fsp3) is 0.683. The Morgan fingerprint density at radius 3 is 0.870 bits per heavy atom. The number of allylic oxidation sites excluding steroid dienone is 24. The maximum Gasteiger partial charge on any atom is 0.472 e. The lowest BCUT2D eigenvalue weighted by Gasteiger charge is -2.24. The normalized spacial score (nSPS) is 13.9. The van der Waals surface area contributed by atoms with Crippen molar-refractivity contribution in [2.75, 3.05) is 47.5 Å². The van der Waals surface area contributed by atoms with Crippen LogP contribution in [0.25, 0.3) is 0 Å². The molecule has 0 radical (unpaired) electrons. The molecule has 2 unspecified atom stereocenters. The summed E-state index contributed by atoms with van der Waals surface area (Å²) in [7, 11) is 1.46. The van der Waals surface area contributed by atoms with Crippen molar-refractivity contribution in [3.8, 4) is 0 Å². The fourth-order valence-electron chi connectivity index (χ4n) is 10.2. The molecule has 0 aliphatic carbocycles. The molecule has 0 heterocycles. The summed E-state index contributed by atoms with van der Waals surface area (Å²) in [5, 5.41) is 0. The SMILES string of the molecule is CC/C=C\C/C=C\C/C=C\C/C=C\C/C=C\C/C=C\C/C=C\C/C=C\CCCCCCCCCCC(=O)OC(COC(=O)CCCCCCCCCCCCCCCCCCCCCCCC/C=C\C/C=C\C/C=C\C/C=C\CC)COP(=O)(O)OCC[N+](C)(C)C. The van der Waals surface area contributed by atoms with Crippen molar-refractivity contribution in [1.82, 2.24) is 0 Å². The molecule has 10 heteroatoms. The number of hydrogen-bond acceptors (Lipinski definition) is 7. The van der Waals surface area contributed by atoms with E-state index in [0.29, 0.717) is 17.4 Å². The van der Waals surface area contributed by atoms with Gasteiger partial charge in [-0.05, 0) is 116 Å². The number of unbranched alkanes of at least 4 members (excludes halogenated alkanes) is 30. The number of quaternary nitrogens is 1. The first-order valence-electron chi connectivity index (χ1n) is 37.6. The summed E-state index contributed by atoms with van der Waals surface area (Å²) in [6, 6.07) is 0. The Kier molecular flexibility index (Phi) is 68.0. The predicted molar refractivity (Wildman–Crippen MR) is 399 cm³/mol. The summed E-state index contributed by atoms with van der Waals surface area (Å²) in [5.41, 5.74) is 0. The standard InChI is InChI=1S/C82H140NO8P/c1-6-8-10-12-14-16-18-20-22-24-26-28-30-32-34-36-38-40-41-43-44-46-48-50-52-54-56-58-60-62-64-66-68-70-72-74-81(84)88-78-80(79-90-92(86,87)89-77-76-83(3,4)5)91-82(85)75-73-71-69-67-65-63-61-59-57-55-53-51-49-47-45-42-39-37-35-33-31-29-27-25-23-21-19-17-15-13-11-9-7-2/h8-11,14-17,20-23,26-29,33,35,39,42,47,49,53,55,80H,6-7,12-13,18-19,24-25,30-32,34,36-38,40-41,43-46,48,50-52,54,56-79H2,1-5H3/p+1/b10-8-,11-9-,16-14-,17-15-,22-20-,23-21-,28-26-,29-27-,35-33-,42-39-,49-47-,55-53-. The van der Waals surface area contributed by atoms with Gasteiger partial charge in [0, 0.05) is 12.8 Å². The second-order valence-electron chi connectivity index (χ2n) is 25.9. The van der Waals surface area contributed by atoms with E-state index >= 15 is 0 Å². The molecular formula is C82H141NO8P+. The minimum Gasteiger partial charge on any atom is -0.462 e. The van der Waals surface area contributed by atoms with Crippen molar-refractivity contribution in [2.45, 2.75) is 315 Å². The number of nitrogens with zero attached hydrogens (tertiary/aromatic N) is 1. The van der Waals surface area contributed by atoms with E-state index < -0.39 is 26.5 Å². The van der Waals surface area contributed by atoms with Crippen molar-refractivity contribution in [3.05, 3.63) is 146 Å². The van der Waals surface area contributed by atoms with E-state index in [2.05, 4.69) is 160 Å². The molecule has 0 aromatic rings. The minimum absolute atomic E-state index is 0.0247. The van der Waals surface area contributed by atoms with Crippen LogP contribution in [-0.4, -0.2) is 74.9 Å². The van der Waals surface area contributed by atoms with E-state index in [9.17, 15) is 19.0 Å². The second kappa shape index (κ2) is 71.2. The maximum absolute atomic E-state index is 12.9. The van der Waals surface area contributed by atoms with E-state index in [1.54, 1.807) is 0 Å². The number of phosphoric ester groups is 1. The van der Waals surface area contributed by atoms with E-state index in [4.69, 9.17) is 18.5 Å². The van der Waals surface area contributed by atoms with Gasteiger partial charge in [0.15, 0.2) is 6.10 Å². The summed E-state index contributed by atoms with van der Waals surface area (Å²) in [4.78, 5) is 35.9. The number of ether oxygens (including phenoxy) is 2. The first-order valence-corrected chi connectivity index (χ1v) is 39.1. The lowest BCUT2D eigenvalue weighted by Crippen LogP contribution is -2.37. The quantitative estimate of drug-likeness (QED) is 0.0211. The van der Waals surface area contributed by atoms with Crippen molar-refractivity contribution >= 4 is 19.8 Å². The van der Waals surface area contributed by atoms with Gasteiger partial charge < -0.3 is 18.9 Å². The Bertz CT molecular complexity index is 2070. The Morgan fingerprint density at radius 1 is 0.337 bits per heavy atom. The minimum atomic E-state index is -4.40. The van der Waals surface area contributed by atoms with Crippen LogP contribution in [0.4, 0.5) is 0 Å². The third kappa shape index (κ3) is 74.9. The molecule has 0 rings (SSSR count). The smallest absolute Gasteiger partial charge is 0.462 e. The van der Waals surface area contributed by atoms with Crippen molar-refractivity contribution in [3.63, 3.8) is 0 Å². The zero-order valence-electron chi connectivity index (χ0n) is 60.0. The second-order valence-corrected chi connectivity index (χ2v) is 27.4. The average molecular weight is 1300 g/mol. The zero-order chi connectivity index (χ0) is 66.9. The molecule has 0 amide bonds. The van der Waals surface area contributed by atoms with Gasteiger partial charge in [-0.2, -0.15) is 0 Å². The Morgan fingerprint density at radius 2 is 0.587 bits per heavy atom. The van der Waals surface area contributed by atoms with Gasteiger partial charge in [0.1, 0.15) is 19.8 Å². The van der Waals surface area contributed by atoms with Crippen LogP contribution in [0.1, 0.15) is 309 Å². The summed E-state index contributed by atoms with van der Waals surface area (Å²) in [6.45, 7) is 4.21. The number of rotatable bonds is 68. The molecule has 0 spiro atoms. The van der Waals surface area contributed by atoms with Gasteiger partial charge >= 0.3 is 19.8 Å². The van der Waals surface area contributed by atoms with Crippen LogP contribution in [0, 0.1) is 0 Å². The van der Waals surface area contributed by atoms with E-state index in [1.165, 1.54) is 154 Å². The van der Waals surface area contributed by atoms with Crippen molar-refractivity contribution in [2.24, 2.45) is 0 Å². The highest BCUT2D eigenvalue weighted by Gasteiger charge is 2.27. The maximum atomic E-state index is 12.9. The number of carbonyl (C=O) groups excluding carboxylic acids is 2. The van der Waals surface area contributed by atoms with Crippen LogP contribution in [-0.2, 0) is 32.7 Å². The number of phosphoric acid groups is 1. The molecule has 0 saturated heterocycles. The van der Waals surface area contributed by atoms with Gasteiger partial charge in [0.2, 0.25) is 0 Å². The zero-order valence-corrected chi connectivity index (χ0v) is 60.9. The van der Waals surface area contributed by atoms with Crippen LogP contribution in [0.15, 0.2) is 146 Å². The van der Waals surface area contributed by atoms with Gasteiger partial charge in [-0.25, -0.2) is 4.57 Å². The molecule has 0 fully saturated rings. The number of carbonyl (C=O) groups is 2. The lowest BCUT2D eigenvalue weighted by atomic mass is 10.0. The summed E-state index contributed by atoms with van der Waals surface area (Å²) < 4.78 is 34.8. The van der Waals surface area contributed by atoms with Crippen LogP contribution < -0.4 is 0 Å². The summed E-state index contributed by atoms with van der Waals surface area (Å²) in [6.07, 6.45) is 105. The highest BCUT2D eigenvalue weighted by Crippen LogP contribution is 2.43. The van der Waals surface area contributed by atoms with Crippen LogP contribution in [0.2, 0.25) is 0 Å². The molecule has 0 aliphatic heterocycles. The topological polar surface area (TPSA) is 108 Å². The molecule has 0 aromatic carbocycles. The Labute approximate surface area is 567 Å². The molecule has 0 bridgehead atoms. The van der Waals surface area contributed by atoms with Crippen LogP contribution in [0.3, 0.4) is 0 Å². The monoisotopic (exact) mass is 1300 g/mol. The average Bonchev–Trinajstić information content (AvgIpc) is 2.23. The summed E-state index contributed by atoms with van der Waals surface area (Å²) >= 11 is 0. The molecule has 1 N–H and O–H groups in total. The molecule has 92 heavy (non-hydrogen) atoms. The third-order valence-corrected chi connectivity index (χ3v) is 16.8. The van der Waals surface area contributed by atoms with Gasteiger partial charge in [-0.15, -0.1) is 0 Å². The van der Waals surface area contributed by atoms with Crippen molar-refractivity contribution in [1.29, 1.82) is 0 Å². The summed E-state index contributed by atoms with van der Waals surface area (Å²) in [5.74, 6) is -0.804. The van der Waals surface area contributed by atoms with Gasteiger partial charge in [-0.3, -0.25) is 18.6 Å². The van der Waals surface area contributed by atoms with E-state index in [1.807, 2.05) is 21.1 Å². The molecule has 0 saturated carbocycles. The molecule has 526 valence electrons. The van der Waals surface area contributed by atoms with E-state index in [-0.39, 0.29) is 32.0 Å². The lowest BCUT2D eigenvalue weighted by molar-refractivity contribution is -0.870. The molecular weight excluding hydrogens is 1160 g/mol. The third-order valence-electron chi connectivity index (χ3n) is 15.9. The number of likely N-dealkylation sites (N-methyl/N-ethyl adjacent to an activating group) is 1.